The molecule has 0 saturated heterocycles. The normalized spacial score (nSPS) is 10.9. The lowest BCUT2D eigenvalue weighted by Crippen LogP contribution is -2.20. The number of methoxy groups -OCH3 is 3. The van der Waals surface area contributed by atoms with Gasteiger partial charge in [-0.05, 0) is 41.3 Å². The lowest BCUT2D eigenvalue weighted by molar-refractivity contribution is 0.354. The highest BCUT2D eigenvalue weighted by Gasteiger charge is 2.17. The van der Waals surface area contributed by atoms with E-state index < -0.39 is 0 Å². The molecule has 0 aliphatic rings. The standard InChI is InChI=1S/C24H28N2O4S/c1-15(2)22-19(12-16-9-10-20(29-4)21(13-16)30-5)25-24(26-23(22)27)31-14-17-7-6-8-18(11-17)28-3/h6-11,13,15H,12,14H2,1-5H3,(H,25,26,27). The molecule has 0 fully saturated rings. The topological polar surface area (TPSA) is 73.4 Å². The fourth-order valence-corrected chi connectivity index (χ4v) is 4.23. The summed E-state index contributed by atoms with van der Waals surface area (Å²) in [5.74, 6) is 2.87. The SMILES string of the molecule is COc1cccc(CSc2nc(Cc3ccc(OC)c(OC)c3)c(C(C)C)c(=O)[nH]2)c1. The molecule has 0 saturated carbocycles. The third-order valence-electron chi connectivity index (χ3n) is 4.92. The third kappa shape index (κ3) is 5.61. The molecule has 0 spiro atoms. The van der Waals surface area contributed by atoms with E-state index >= 15 is 0 Å². The summed E-state index contributed by atoms with van der Waals surface area (Å²) in [6.45, 7) is 4.01. The summed E-state index contributed by atoms with van der Waals surface area (Å²) < 4.78 is 16.0. The van der Waals surface area contributed by atoms with Crippen molar-refractivity contribution >= 4 is 11.8 Å². The van der Waals surface area contributed by atoms with E-state index in [1.54, 1.807) is 21.3 Å². The van der Waals surface area contributed by atoms with Crippen LogP contribution in [0.4, 0.5) is 0 Å². The molecule has 0 bridgehead atoms. The number of thioether (sulfide) groups is 1. The first kappa shape index (κ1) is 22.7. The zero-order chi connectivity index (χ0) is 22.4. The van der Waals surface area contributed by atoms with E-state index in [9.17, 15) is 4.79 Å². The maximum Gasteiger partial charge on any atom is 0.255 e. The van der Waals surface area contributed by atoms with Crippen LogP contribution in [0.25, 0.3) is 0 Å². The zero-order valence-corrected chi connectivity index (χ0v) is 19.3. The minimum absolute atomic E-state index is 0.0591. The number of nitrogens with zero attached hydrogens (tertiary/aromatic N) is 1. The van der Waals surface area contributed by atoms with Gasteiger partial charge >= 0.3 is 0 Å². The summed E-state index contributed by atoms with van der Waals surface area (Å²) in [6.07, 6.45) is 0.532. The van der Waals surface area contributed by atoms with Crippen LogP contribution in [0.2, 0.25) is 0 Å². The first-order valence-electron chi connectivity index (χ1n) is 10.0. The van der Waals surface area contributed by atoms with Gasteiger partial charge in [-0.2, -0.15) is 0 Å². The fourth-order valence-electron chi connectivity index (χ4n) is 3.40. The first-order valence-corrected chi connectivity index (χ1v) is 11.0. The summed E-state index contributed by atoms with van der Waals surface area (Å²) in [6, 6.07) is 13.6. The molecule has 0 atom stereocenters. The van der Waals surface area contributed by atoms with Crippen molar-refractivity contribution in [2.24, 2.45) is 0 Å². The maximum absolute atomic E-state index is 12.9. The fraction of sp³-hybridized carbons (Fsp3) is 0.333. The van der Waals surface area contributed by atoms with Crippen LogP contribution < -0.4 is 19.8 Å². The van der Waals surface area contributed by atoms with Crippen LogP contribution in [0, 0.1) is 0 Å². The van der Waals surface area contributed by atoms with Crippen molar-refractivity contribution < 1.29 is 14.2 Å². The molecule has 2 aromatic carbocycles. The number of H-pyrrole nitrogens is 1. The monoisotopic (exact) mass is 440 g/mol. The van der Waals surface area contributed by atoms with E-state index in [0.29, 0.717) is 34.4 Å². The van der Waals surface area contributed by atoms with Crippen molar-refractivity contribution in [1.29, 1.82) is 0 Å². The second-order valence-electron chi connectivity index (χ2n) is 7.39. The molecule has 0 aliphatic carbocycles. The number of hydrogen-bond acceptors (Lipinski definition) is 6. The number of aromatic amines is 1. The van der Waals surface area contributed by atoms with Gasteiger partial charge in [-0.3, -0.25) is 4.79 Å². The Bertz CT molecular complexity index is 1100. The van der Waals surface area contributed by atoms with Crippen LogP contribution in [0.1, 0.15) is 42.1 Å². The van der Waals surface area contributed by atoms with Crippen LogP contribution in [0.5, 0.6) is 17.2 Å². The van der Waals surface area contributed by atoms with Crippen molar-refractivity contribution in [3.8, 4) is 17.2 Å². The van der Waals surface area contributed by atoms with Crippen LogP contribution in [0.3, 0.4) is 0 Å². The summed E-state index contributed by atoms with van der Waals surface area (Å²) in [7, 11) is 4.87. The van der Waals surface area contributed by atoms with Crippen molar-refractivity contribution in [3.63, 3.8) is 0 Å². The van der Waals surface area contributed by atoms with Crippen molar-refractivity contribution in [2.45, 2.75) is 37.1 Å². The van der Waals surface area contributed by atoms with Gasteiger partial charge in [0.25, 0.3) is 5.56 Å². The molecule has 1 aromatic heterocycles. The summed E-state index contributed by atoms with van der Waals surface area (Å²) in [4.78, 5) is 20.6. The Morgan fingerprint density at radius 2 is 1.74 bits per heavy atom. The van der Waals surface area contributed by atoms with Crippen molar-refractivity contribution in [1.82, 2.24) is 9.97 Å². The second kappa shape index (κ2) is 10.4. The van der Waals surface area contributed by atoms with Crippen LogP contribution in [0.15, 0.2) is 52.4 Å². The maximum atomic E-state index is 12.9. The predicted molar refractivity (Wildman–Crippen MR) is 124 cm³/mol. The third-order valence-corrected chi connectivity index (χ3v) is 5.86. The van der Waals surface area contributed by atoms with E-state index in [-0.39, 0.29) is 11.5 Å². The molecule has 0 amide bonds. The van der Waals surface area contributed by atoms with Gasteiger partial charge in [-0.15, -0.1) is 0 Å². The molecule has 31 heavy (non-hydrogen) atoms. The first-order chi connectivity index (χ1) is 14.9. The highest BCUT2D eigenvalue weighted by atomic mass is 32.2. The molecule has 1 N–H and O–H groups in total. The molecule has 1 heterocycles. The van der Waals surface area contributed by atoms with Gasteiger partial charge in [0.05, 0.1) is 27.0 Å². The Balaban J connectivity index is 1.89. The molecule has 6 nitrogen and oxygen atoms in total. The van der Waals surface area contributed by atoms with Crippen molar-refractivity contribution in [2.75, 3.05) is 21.3 Å². The van der Waals surface area contributed by atoms with Gasteiger partial charge < -0.3 is 19.2 Å². The molecule has 0 unspecified atom stereocenters. The highest BCUT2D eigenvalue weighted by molar-refractivity contribution is 7.98. The van der Waals surface area contributed by atoms with Crippen LogP contribution >= 0.6 is 11.8 Å². The molecule has 164 valence electrons. The number of ether oxygens (including phenoxy) is 3. The van der Waals surface area contributed by atoms with Gasteiger partial charge in [0.1, 0.15) is 5.75 Å². The Kier molecular flexibility index (Phi) is 7.63. The van der Waals surface area contributed by atoms with Crippen LogP contribution in [-0.4, -0.2) is 31.3 Å². The minimum atomic E-state index is -0.0892. The average molecular weight is 441 g/mol. The van der Waals surface area contributed by atoms with E-state index in [1.807, 2.05) is 56.3 Å². The molecular weight excluding hydrogens is 412 g/mol. The molecule has 0 aliphatic heterocycles. The largest absolute Gasteiger partial charge is 0.497 e. The number of aromatic nitrogens is 2. The smallest absolute Gasteiger partial charge is 0.255 e. The minimum Gasteiger partial charge on any atom is -0.497 e. The number of benzene rings is 2. The molecule has 3 aromatic rings. The molecular formula is C24H28N2O4S. The Hall–Kier alpha value is -2.93. The molecule has 3 rings (SSSR count). The highest BCUT2D eigenvalue weighted by Crippen LogP contribution is 2.29. The molecule has 0 radical (unpaired) electrons. The van der Waals surface area contributed by atoms with Gasteiger partial charge in [-0.25, -0.2) is 4.98 Å². The Morgan fingerprint density at radius 3 is 2.42 bits per heavy atom. The van der Waals surface area contributed by atoms with E-state index in [1.165, 1.54) is 11.8 Å². The van der Waals surface area contributed by atoms with Gasteiger partial charge in [0.2, 0.25) is 0 Å². The van der Waals surface area contributed by atoms with Crippen molar-refractivity contribution in [3.05, 3.63) is 75.2 Å². The van der Waals surface area contributed by atoms with E-state index in [4.69, 9.17) is 19.2 Å². The lowest BCUT2D eigenvalue weighted by atomic mass is 9.98. The summed E-state index contributed by atoms with van der Waals surface area (Å²) in [5.41, 5.74) is 3.50. The van der Waals surface area contributed by atoms with Gasteiger partial charge in [0.15, 0.2) is 16.7 Å². The number of hydrogen-bond donors (Lipinski definition) is 1. The molecule has 7 heteroatoms. The van der Waals surface area contributed by atoms with E-state index in [0.717, 1.165) is 22.6 Å². The lowest BCUT2D eigenvalue weighted by Gasteiger charge is -2.14. The Labute approximate surface area is 187 Å². The quantitative estimate of drug-likeness (QED) is 0.381. The van der Waals surface area contributed by atoms with E-state index in [2.05, 4.69) is 4.98 Å². The summed E-state index contributed by atoms with van der Waals surface area (Å²) >= 11 is 1.50. The number of rotatable bonds is 9. The number of nitrogens with one attached hydrogen (secondary N) is 1. The average Bonchev–Trinajstić information content (AvgIpc) is 2.77. The zero-order valence-electron chi connectivity index (χ0n) is 18.5. The summed E-state index contributed by atoms with van der Waals surface area (Å²) in [5, 5.41) is 0.604. The van der Waals surface area contributed by atoms with Gasteiger partial charge in [-0.1, -0.05) is 43.8 Å². The van der Waals surface area contributed by atoms with Crippen LogP contribution in [-0.2, 0) is 12.2 Å². The predicted octanol–water partition coefficient (Wildman–Crippen LogP) is 4.80. The Morgan fingerprint density at radius 1 is 0.968 bits per heavy atom. The second-order valence-corrected chi connectivity index (χ2v) is 8.36. The van der Waals surface area contributed by atoms with Gasteiger partial charge in [0, 0.05) is 17.7 Å².